The topological polar surface area (TPSA) is 18.5 Å². The minimum Gasteiger partial charge on any atom is -0.493 e. The van der Waals surface area contributed by atoms with Crippen molar-refractivity contribution in [3.63, 3.8) is 0 Å². The minimum atomic E-state index is -0.252. The Morgan fingerprint density at radius 3 is 1.11 bits per heavy atom. The molecule has 0 atom stereocenters. The van der Waals surface area contributed by atoms with Crippen LogP contribution in [0.4, 0.5) is 8.78 Å². The van der Waals surface area contributed by atoms with Gasteiger partial charge in [-0.15, -0.1) is 0 Å². The van der Waals surface area contributed by atoms with Crippen LogP contribution in [0.25, 0.3) is 0 Å². The van der Waals surface area contributed by atoms with Crippen molar-refractivity contribution in [3.05, 3.63) is 58.2 Å². The molecule has 0 radical (unpaired) electrons. The van der Waals surface area contributed by atoms with Crippen LogP contribution in [0.3, 0.4) is 0 Å². The first-order valence-electron chi connectivity index (χ1n) is 9.67. The molecule has 27 heavy (non-hydrogen) atoms. The summed E-state index contributed by atoms with van der Waals surface area (Å²) in [4.78, 5) is 0. The SMILES string of the molecule is CC.CC.Cc1cc(F)cc(C)c1OCCCOc1c(C)cc(F)cc1C. The Balaban J connectivity index is 0.00000158. The molecule has 0 bridgehead atoms. The summed E-state index contributed by atoms with van der Waals surface area (Å²) >= 11 is 0. The highest BCUT2D eigenvalue weighted by Gasteiger charge is 2.08. The molecule has 0 spiro atoms. The van der Waals surface area contributed by atoms with Gasteiger partial charge in [-0.25, -0.2) is 8.78 Å². The number of halogens is 2. The maximum absolute atomic E-state index is 13.2. The maximum atomic E-state index is 13.2. The summed E-state index contributed by atoms with van der Waals surface area (Å²) in [5, 5.41) is 0. The highest BCUT2D eigenvalue weighted by molar-refractivity contribution is 5.41. The number of hydrogen-bond acceptors (Lipinski definition) is 2. The van der Waals surface area contributed by atoms with E-state index in [0.717, 1.165) is 33.8 Å². The molecule has 0 unspecified atom stereocenters. The lowest BCUT2D eigenvalue weighted by Gasteiger charge is -2.14. The van der Waals surface area contributed by atoms with Gasteiger partial charge in [-0.2, -0.15) is 0 Å². The van der Waals surface area contributed by atoms with E-state index in [-0.39, 0.29) is 11.6 Å². The Kier molecular flexibility index (Phi) is 12.1. The molecular formula is C23H34F2O2. The zero-order valence-electron chi connectivity index (χ0n) is 18.0. The normalized spacial score (nSPS) is 9.56. The quantitative estimate of drug-likeness (QED) is 0.498. The van der Waals surface area contributed by atoms with E-state index >= 15 is 0 Å². The third kappa shape index (κ3) is 7.98. The zero-order valence-corrected chi connectivity index (χ0v) is 18.0. The minimum absolute atomic E-state index is 0.252. The van der Waals surface area contributed by atoms with Gasteiger partial charge in [-0.1, -0.05) is 27.7 Å². The van der Waals surface area contributed by atoms with Crippen molar-refractivity contribution in [1.82, 2.24) is 0 Å². The fourth-order valence-corrected chi connectivity index (χ4v) is 2.66. The molecule has 0 aliphatic carbocycles. The van der Waals surface area contributed by atoms with Crippen LogP contribution in [0.2, 0.25) is 0 Å². The van der Waals surface area contributed by atoms with Crippen molar-refractivity contribution in [2.45, 2.75) is 61.8 Å². The van der Waals surface area contributed by atoms with Gasteiger partial charge >= 0.3 is 0 Å². The van der Waals surface area contributed by atoms with Crippen molar-refractivity contribution in [2.75, 3.05) is 13.2 Å². The smallest absolute Gasteiger partial charge is 0.125 e. The van der Waals surface area contributed by atoms with Crippen molar-refractivity contribution in [1.29, 1.82) is 0 Å². The summed E-state index contributed by atoms with van der Waals surface area (Å²) in [5.74, 6) is 0.942. The Morgan fingerprint density at radius 1 is 0.593 bits per heavy atom. The first-order valence-corrected chi connectivity index (χ1v) is 9.67. The lowest BCUT2D eigenvalue weighted by molar-refractivity contribution is 0.243. The van der Waals surface area contributed by atoms with E-state index in [1.807, 2.05) is 55.4 Å². The van der Waals surface area contributed by atoms with Gasteiger partial charge in [0.05, 0.1) is 13.2 Å². The number of hydrogen-bond donors (Lipinski definition) is 0. The van der Waals surface area contributed by atoms with Crippen LogP contribution in [0, 0.1) is 39.3 Å². The third-order valence-electron chi connectivity index (χ3n) is 3.63. The highest BCUT2D eigenvalue weighted by Crippen LogP contribution is 2.25. The molecule has 0 saturated heterocycles. The lowest BCUT2D eigenvalue weighted by Crippen LogP contribution is -2.08. The van der Waals surface area contributed by atoms with Crippen LogP contribution in [0.15, 0.2) is 24.3 Å². The first kappa shape index (κ1) is 24.9. The van der Waals surface area contributed by atoms with Gasteiger partial charge in [-0.3, -0.25) is 0 Å². The van der Waals surface area contributed by atoms with Gasteiger partial charge < -0.3 is 9.47 Å². The first-order chi connectivity index (χ1) is 12.9. The Labute approximate surface area is 163 Å². The van der Waals surface area contributed by atoms with Crippen LogP contribution >= 0.6 is 0 Å². The monoisotopic (exact) mass is 380 g/mol. The second-order valence-corrected chi connectivity index (χ2v) is 5.79. The number of rotatable bonds is 6. The van der Waals surface area contributed by atoms with Gasteiger partial charge in [0.15, 0.2) is 0 Å². The van der Waals surface area contributed by atoms with E-state index in [4.69, 9.17) is 9.47 Å². The van der Waals surface area contributed by atoms with Crippen LogP contribution in [0.5, 0.6) is 11.5 Å². The molecule has 152 valence electrons. The highest BCUT2D eigenvalue weighted by atomic mass is 19.1. The number of ether oxygens (including phenoxy) is 2. The average molecular weight is 381 g/mol. The summed E-state index contributed by atoms with van der Waals surface area (Å²) in [6.45, 7) is 16.3. The Hall–Kier alpha value is -2.10. The standard InChI is InChI=1S/C19H22F2O2.2C2H6/c1-12-8-16(20)9-13(2)18(12)22-6-5-7-23-19-14(3)10-17(21)11-15(19)4;2*1-2/h8-11H,5-7H2,1-4H3;2*1-2H3. The summed E-state index contributed by atoms with van der Waals surface area (Å²) in [5.41, 5.74) is 3.14. The molecule has 2 aromatic carbocycles. The summed E-state index contributed by atoms with van der Waals surface area (Å²) in [6.07, 6.45) is 0.687. The van der Waals surface area contributed by atoms with Crippen LogP contribution in [-0.2, 0) is 0 Å². The van der Waals surface area contributed by atoms with Crippen LogP contribution in [-0.4, -0.2) is 13.2 Å². The summed E-state index contributed by atoms with van der Waals surface area (Å²) < 4.78 is 37.9. The van der Waals surface area contributed by atoms with E-state index in [0.29, 0.717) is 19.6 Å². The van der Waals surface area contributed by atoms with Crippen molar-refractivity contribution >= 4 is 0 Å². The van der Waals surface area contributed by atoms with Crippen molar-refractivity contribution in [3.8, 4) is 11.5 Å². The molecule has 0 N–H and O–H groups in total. The summed E-state index contributed by atoms with van der Waals surface area (Å²) in [6, 6.07) is 5.85. The fourth-order valence-electron chi connectivity index (χ4n) is 2.66. The largest absolute Gasteiger partial charge is 0.493 e. The average Bonchev–Trinajstić information content (AvgIpc) is 2.61. The molecule has 0 aliphatic heterocycles. The second-order valence-electron chi connectivity index (χ2n) is 5.79. The van der Waals surface area contributed by atoms with Gasteiger partial charge in [-0.05, 0) is 74.2 Å². The van der Waals surface area contributed by atoms with Gasteiger partial charge in [0.2, 0.25) is 0 Å². The predicted molar refractivity (Wildman–Crippen MR) is 110 cm³/mol. The molecule has 2 rings (SSSR count). The van der Waals surface area contributed by atoms with Gasteiger partial charge in [0.1, 0.15) is 23.1 Å². The molecular weight excluding hydrogens is 346 g/mol. The molecule has 0 heterocycles. The zero-order chi connectivity index (χ0) is 21.0. The van der Waals surface area contributed by atoms with E-state index in [1.165, 1.54) is 24.3 Å². The molecule has 2 aromatic rings. The second kappa shape index (κ2) is 13.1. The molecule has 0 amide bonds. The van der Waals surface area contributed by atoms with E-state index in [9.17, 15) is 8.78 Å². The molecule has 4 heteroatoms. The number of benzene rings is 2. The van der Waals surface area contributed by atoms with Crippen molar-refractivity contribution < 1.29 is 18.3 Å². The van der Waals surface area contributed by atoms with Crippen molar-refractivity contribution in [2.24, 2.45) is 0 Å². The predicted octanol–water partition coefficient (Wildman–Crippen LogP) is 7.10. The lowest BCUT2D eigenvalue weighted by atomic mass is 10.1. The van der Waals surface area contributed by atoms with E-state index in [1.54, 1.807) is 0 Å². The molecule has 2 nitrogen and oxygen atoms in total. The third-order valence-corrected chi connectivity index (χ3v) is 3.63. The number of aryl methyl sites for hydroxylation is 4. The maximum Gasteiger partial charge on any atom is 0.125 e. The van der Waals surface area contributed by atoms with Gasteiger partial charge in [0, 0.05) is 6.42 Å². The van der Waals surface area contributed by atoms with Crippen LogP contribution < -0.4 is 9.47 Å². The van der Waals surface area contributed by atoms with E-state index in [2.05, 4.69) is 0 Å². The van der Waals surface area contributed by atoms with E-state index < -0.39 is 0 Å². The van der Waals surface area contributed by atoms with Crippen LogP contribution in [0.1, 0.15) is 56.4 Å². The Bertz CT molecular complexity index is 591. The van der Waals surface area contributed by atoms with Gasteiger partial charge in [0.25, 0.3) is 0 Å². The molecule has 0 aromatic heterocycles. The summed E-state index contributed by atoms with van der Waals surface area (Å²) in [7, 11) is 0. The Morgan fingerprint density at radius 2 is 0.852 bits per heavy atom. The fraction of sp³-hybridized carbons (Fsp3) is 0.478. The molecule has 0 saturated carbocycles. The molecule has 0 fully saturated rings. The molecule has 0 aliphatic rings.